The van der Waals surface area contributed by atoms with E-state index in [-0.39, 0.29) is 5.41 Å². The molecule has 0 unspecified atom stereocenters. The first-order valence-electron chi connectivity index (χ1n) is 27.6. The van der Waals surface area contributed by atoms with E-state index in [1.54, 1.807) is 0 Å². The van der Waals surface area contributed by atoms with Crippen LogP contribution < -0.4 is 4.90 Å². The van der Waals surface area contributed by atoms with E-state index in [4.69, 9.17) is 0 Å². The van der Waals surface area contributed by atoms with E-state index >= 15 is 0 Å². The molecule has 0 saturated heterocycles. The van der Waals surface area contributed by atoms with Crippen LogP contribution in [-0.2, 0) is 10.8 Å². The third-order valence-electron chi connectivity index (χ3n) is 17.3. The predicted octanol–water partition coefficient (Wildman–Crippen LogP) is 20.0. The van der Waals surface area contributed by atoms with Crippen LogP contribution >= 0.6 is 0 Å². The third-order valence-corrected chi connectivity index (χ3v) is 17.3. The number of fused-ring (bicyclic) bond motifs is 9. The van der Waals surface area contributed by atoms with Crippen molar-refractivity contribution in [1.29, 1.82) is 0 Å². The molecule has 15 rings (SSSR count). The van der Waals surface area contributed by atoms with E-state index in [2.05, 4.69) is 302 Å². The summed E-state index contributed by atoms with van der Waals surface area (Å²) in [5, 5.41) is 2.49. The molecule has 2 nitrogen and oxygen atoms in total. The lowest BCUT2D eigenvalue weighted by molar-refractivity contribution is 0.654. The van der Waals surface area contributed by atoms with E-state index in [0.29, 0.717) is 0 Å². The van der Waals surface area contributed by atoms with Crippen molar-refractivity contribution in [2.45, 2.75) is 37.5 Å². The van der Waals surface area contributed by atoms with E-state index in [1.165, 1.54) is 111 Å². The molecule has 0 spiro atoms. The maximum absolute atomic E-state index is 2.49. The van der Waals surface area contributed by atoms with Crippen LogP contribution in [0, 0.1) is 0 Å². The Balaban J connectivity index is 0.872. The zero-order valence-electron chi connectivity index (χ0n) is 43.9. The molecule has 0 radical (unpaired) electrons. The predicted molar refractivity (Wildman–Crippen MR) is 327 cm³/mol. The van der Waals surface area contributed by atoms with Gasteiger partial charge in [0.25, 0.3) is 0 Å². The van der Waals surface area contributed by atoms with Gasteiger partial charge in [-0.2, -0.15) is 0 Å². The molecule has 11 aromatic carbocycles. The lowest BCUT2D eigenvalue weighted by Crippen LogP contribution is -2.28. The minimum atomic E-state index is -0.520. The number of allylic oxidation sites excluding steroid dienone is 4. The fourth-order valence-electron chi connectivity index (χ4n) is 13.7. The largest absolute Gasteiger partial charge is 0.310 e. The molecule has 0 fully saturated rings. The van der Waals surface area contributed by atoms with Gasteiger partial charge in [0.05, 0.1) is 16.4 Å². The number of para-hydroxylation sites is 2. The maximum atomic E-state index is 2.49. The van der Waals surface area contributed by atoms with Gasteiger partial charge in [0.2, 0.25) is 0 Å². The Kier molecular flexibility index (Phi) is 10.6. The molecule has 0 aliphatic heterocycles. The Morgan fingerprint density at radius 2 is 0.885 bits per heavy atom. The lowest BCUT2D eigenvalue weighted by atomic mass is 9.67. The van der Waals surface area contributed by atoms with Gasteiger partial charge in [0.15, 0.2) is 0 Å². The molecular formula is C76H56N2. The number of benzene rings is 11. The molecule has 0 N–H and O–H groups in total. The van der Waals surface area contributed by atoms with Crippen LogP contribution in [0.2, 0.25) is 0 Å². The molecule has 1 heterocycles. The van der Waals surface area contributed by atoms with Gasteiger partial charge in [-0.3, -0.25) is 0 Å². The molecule has 12 aromatic rings. The highest BCUT2D eigenvalue weighted by atomic mass is 15.1. The monoisotopic (exact) mass is 996 g/mol. The van der Waals surface area contributed by atoms with Crippen molar-refractivity contribution < 1.29 is 0 Å². The fourth-order valence-corrected chi connectivity index (χ4v) is 13.7. The smallest absolute Gasteiger partial charge is 0.0714 e. The average molecular weight is 997 g/mol. The Hall–Kier alpha value is -9.50. The highest BCUT2D eigenvalue weighted by Crippen LogP contribution is 2.58. The molecule has 1 aromatic heterocycles. The van der Waals surface area contributed by atoms with E-state index in [1.807, 2.05) is 0 Å². The second-order valence-corrected chi connectivity index (χ2v) is 21.9. The van der Waals surface area contributed by atoms with Crippen LogP contribution in [0.25, 0.3) is 77.6 Å². The number of nitrogens with zero attached hydrogens (tertiary/aromatic N) is 2. The van der Waals surface area contributed by atoms with Crippen LogP contribution in [-0.4, -0.2) is 4.57 Å². The SMILES string of the molecule is CC1(C)C2=CCCC=C2c2ccc(N(c3ccc(-c4ccc(-c5cc(-c6ccccc6)cc6c7ccccc7n(-c7ccccc7)c56)cc4)cc3)c3ccc4c(c3)C(c3ccccc3)(c3ccccc3)c3ccccc3-4)cc21. The topological polar surface area (TPSA) is 8.17 Å². The van der Waals surface area contributed by atoms with E-state index < -0.39 is 5.41 Å². The summed E-state index contributed by atoms with van der Waals surface area (Å²) in [5.41, 5.74) is 26.7. The molecule has 2 heteroatoms. The average Bonchev–Trinajstić information content (AvgIpc) is 4.25. The first kappa shape index (κ1) is 45.9. The van der Waals surface area contributed by atoms with Gasteiger partial charge in [-0.15, -0.1) is 0 Å². The molecule has 0 atom stereocenters. The summed E-state index contributed by atoms with van der Waals surface area (Å²) >= 11 is 0. The molecule has 0 amide bonds. The van der Waals surface area contributed by atoms with Crippen LogP contribution in [0.3, 0.4) is 0 Å². The van der Waals surface area contributed by atoms with Crippen molar-refractivity contribution in [2.75, 3.05) is 4.90 Å². The van der Waals surface area contributed by atoms with E-state index in [0.717, 1.165) is 35.6 Å². The fraction of sp³-hybridized carbons (Fsp3) is 0.0789. The van der Waals surface area contributed by atoms with Crippen molar-refractivity contribution in [2.24, 2.45) is 0 Å². The summed E-state index contributed by atoms with van der Waals surface area (Å²) in [6, 6.07) is 99.4. The summed E-state index contributed by atoms with van der Waals surface area (Å²) in [7, 11) is 0. The van der Waals surface area contributed by atoms with Gasteiger partial charge >= 0.3 is 0 Å². The van der Waals surface area contributed by atoms with Gasteiger partial charge in [-0.25, -0.2) is 0 Å². The van der Waals surface area contributed by atoms with Crippen LogP contribution in [0.4, 0.5) is 17.1 Å². The van der Waals surface area contributed by atoms with Crippen LogP contribution in [0.15, 0.2) is 285 Å². The molecule has 78 heavy (non-hydrogen) atoms. The van der Waals surface area contributed by atoms with Gasteiger partial charge < -0.3 is 9.47 Å². The molecule has 0 bridgehead atoms. The summed E-state index contributed by atoms with van der Waals surface area (Å²) in [6.07, 6.45) is 7.13. The molecular weight excluding hydrogens is 941 g/mol. The Bertz CT molecular complexity index is 4310. The Morgan fingerprint density at radius 1 is 0.359 bits per heavy atom. The second kappa shape index (κ2) is 18.1. The highest BCUT2D eigenvalue weighted by molar-refractivity contribution is 6.15. The van der Waals surface area contributed by atoms with E-state index in [9.17, 15) is 0 Å². The van der Waals surface area contributed by atoms with Crippen molar-refractivity contribution in [3.8, 4) is 50.2 Å². The number of aromatic nitrogens is 1. The first-order chi connectivity index (χ1) is 38.4. The number of hydrogen-bond donors (Lipinski definition) is 0. The standard InChI is InChI=1S/C76H56N2/c1-75(2)69-32-18-15-29-62(69)64-45-43-60(49-71(64)75)77(61-44-46-65-63-30-16-19-33-70(63)76(72(65)50-61,56-23-9-4-10-24-56)57-25-11-5-12-26-57)59-41-39-53(40-42-59)52-35-37-54(38-36-52)67-47-55(51-21-7-3-8-22-51)48-68-66-31-17-20-34-73(66)78(74(67)68)58-27-13-6-14-28-58/h3-14,16-17,19-50H,15,18H2,1-2H3. The van der Waals surface area contributed by atoms with Gasteiger partial charge in [-0.05, 0) is 163 Å². The quantitative estimate of drug-likeness (QED) is 0.140. The summed E-state index contributed by atoms with van der Waals surface area (Å²) in [5.74, 6) is 0. The van der Waals surface area contributed by atoms with Crippen molar-refractivity contribution in [3.05, 3.63) is 318 Å². The zero-order valence-corrected chi connectivity index (χ0v) is 43.9. The molecule has 3 aliphatic rings. The molecule has 3 aliphatic carbocycles. The summed E-state index contributed by atoms with van der Waals surface area (Å²) < 4.78 is 2.44. The third kappa shape index (κ3) is 7.03. The maximum Gasteiger partial charge on any atom is 0.0714 e. The number of rotatable bonds is 9. The van der Waals surface area contributed by atoms with Crippen molar-refractivity contribution in [3.63, 3.8) is 0 Å². The molecule has 0 saturated carbocycles. The first-order valence-corrected chi connectivity index (χ1v) is 27.6. The summed E-state index contributed by atoms with van der Waals surface area (Å²) in [4.78, 5) is 2.49. The Labute approximate surface area is 457 Å². The van der Waals surface area contributed by atoms with Gasteiger partial charge in [0.1, 0.15) is 0 Å². The lowest BCUT2D eigenvalue weighted by Gasteiger charge is -2.35. The normalized spacial score (nSPS) is 14.5. The minimum absolute atomic E-state index is 0.110. The second-order valence-electron chi connectivity index (χ2n) is 21.9. The highest BCUT2D eigenvalue weighted by Gasteiger charge is 2.46. The van der Waals surface area contributed by atoms with Crippen LogP contribution in [0.5, 0.6) is 0 Å². The van der Waals surface area contributed by atoms with Gasteiger partial charge in [-0.1, -0.05) is 226 Å². The molecule has 370 valence electrons. The van der Waals surface area contributed by atoms with Crippen molar-refractivity contribution in [1.82, 2.24) is 4.57 Å². The number of anilines is 3. The summed E-state index contributed by atoms with van der Waals surface area (Å²) in [6.45, 7) is 4.81. The number of hydrogen-bond acceptors (Lipinski definition) is 1. The zero-order chi connectivity index (χ0) is 52.0. The minimum Gasteiger partial charge on any atom is -0.310 e. The Morgan fingerprint density at radius 3 is 1.59 bits per heavy atom. The van der Waals surface area contributed by atoms with Gasteiger partial charge in [0, 0.05) is 44.5 Å². The van der Waals surface area contributed by atoms with Crippen molar-refractivity contribution >= 4 is 44.4 Å². The van der Waals surface area contributed by atoms with Crippen LogP contribution in [0.1, 0.15) is 60.1 Å².